The summed E-state index contributed by atoms with van der Waals surface area (Å²) in [6.07, 6.45) is 3.40. The number of benzene rings is 2. The number of hydrogen-bond donors (Lipinski definition) is 1. The van der Waals surface area contributed by atoms with Gasteiger partial charge >= 0.3 is 0 Å². The van der Waals surface area contributed by atoms with Crippen LogP contribution in [0.2, 0.25) is 0 Å². The van der Waals surface area contributed by atoms with E-state index >= 15 is 0 Å². The molecule has 1 fully saturated rings. The van der Waals surface area contributed by atoms with Crippen LogP contribution in [0.15, 0.2) is 48.5 Å². The smallest absolute Gasteiger partial charge is 0.238 e. The first-order valence-electron chi connectivity index (χ1n) is 9.15. The molecule has 0 unspecified atom stereocenters. The molecule has 4 nitrogen and oxygen atoms in total. The Bertz CT molecular complexity index is 870. The van der Waals surface area contributed by atoms with Gasteiger partial charge in [-0.25, -0.2) is 4.98 Å². The number of nitrogens with one attached hydrogen (secondary N) is 1. The van der Waals surface area contributed by atoms with E-state index in [0.29, 0.717) is 6.54 Å². The van der Waals surface area contributed by atoms with E-state index in [0.717, 1.165) is 35.6 Å². The Morgan fingerprint density at radius 1 is 1.19 bits per heavy atom. The molecule has 0 aliphatic carbocycles. The third kappa shape index (κ3) is 3.79. The minimum atomic E-state index is 0.0434. The SMILES string of the molecule is Cc1ccc(NC(=O)CN2CCCC[C@H]2c2nc3ccccc3s2)cc1. The van der Waals surface area contributed by atoms with Gasteiger partial charge in [0.15, 0.2) is 0 Å². The predicted octanol–water partition coefficient (Wildman–Crippen LogP) is 4.77. The fourth-order valence-corrected chi connectivity index (χ4v) is 4.65. The first kappa shape index (κ1) is 17.2. The van der Waals surface area contributed by atoms with Crippen molar-refractivity contribution in [3.63, 3.8) is 0 Å². The number of nitrogens with zero attached hydrogens (tertiary/aromatic N) is 2. The number of para-hydroxylation sites is 1. The number of rotatable bonds is 4. The van der Waals surface area contributed by atoms with Gasteiger partial charge in [-0.2, -0.15) is 0 Å². The quantitative estimate of drug-likeness (QED) is 0.724. The molecule has 5 heteroatoms. The number of aromatic nitrogens is 1. The normalized spacial score (nSPS) is 18.1. The van der Waals surface area contributed by atoms with Gasteiger partial charge in [0, 0.05) is 5.69 Å². The Kier molecular flexibility index (Phi) is 5.00. The van der Waals surface area contributed by atoms with Crippen LogP contribution in [-0.4, -0.2) is 28.9 Å². The number of likely N-dealkylation sites (tertiary alicyclic amines) is 1. The number of thiazole rings is 1. The number of hydrogen-bond acceptors (Lipinski definition) is 4. The summed E-state index contributed by atoms with van der Waals surface area (Å²) >= 11 is 1.76. The van der Waals surface area contributed by atoms with Crippen molar-refractivity contribution in [2.45, 2.75) is 32.2 Å². The molecule has 134 valence electrons. The number of aryl methyl sites for hydroxylation is 1. The van der Waals surface area contributed by atoms with Crippen LogP contribution in [-0.2, 0) is 4.79 Å². The lowest BCUT2D eigenvalue weighted by molar-refractivity contribution is -0.118. The van der Waals surface area contributed by atoms with Crippen LogP contribution >= 0.6 is 11.3 Å². The average molecular weight is 366 g/mol. The number of piperidine rings is 1. The molecule has 0 radical (unpaired) electrons. The molecule has 0 spiro atoms. The van der Waals surface area contributed by atoms with E-state index in [1.54, 1.807) is 11.3 Å². The summed E-state index contributed by atoms with van der Waals surface area (Å²) in [4.78, 5) is 19.7. The molecule has 1 N–H and O–H groups in total. The molecular formula is C21H23N3OS. The van der Waals surface area contributed by atoms with Gasteiger partial charge in [-0.15, -0.1) is 11.3 Å². The topological polar surface area (TPSA) is 45.2 Å². The molecule has 1 aliphatic heterocycles. The highest BCUT2D eigenvalue weighted by atomic mass is 32.1. The average Bonchev–Trinajstić information content (AvgIpc) is 3.08. The van der Waals surface area contributed by atoms with Crippen molar-refractivity contribution in [3.8, 4) is 0 Å². The first-order chi connectivity index (χ1) is 12.7. The van der Waals surface area contributed by atoms with Crippen LogP contribution in [0.25, 0.3) is 10.2 Å². The van der Waals surface area contributed by atoms with Gasteiger partial charge in [0.25, 0.3) is 0 Å². The largest absolute Gasteiger partial charge is 0.325 e. The monoisotopic (exact) mass is 365 g/mol. The number of anilines is 1. The third-order valence-corrected chi connectivity index (χ3v) is 6.03. The Balaban J connectivity index is 1.48. The zero-order valence-electron chi connectivity index (χ0n) is 14.9. The Morgan fingerprint density at radius 2 is 2.00 bits per heavy atom. The Labute approximate surface area is 157 Å². The highest BCUT2D eigenvalue weighted by Crippen LogP contribution is 2.35. The van der Waals surface area contributed by atoms with Gasteiger partial charge in [0.05, 0.1) is 22.8 Å². The first-order valence-corrected chi connectivity index (χ1v) is 9.97. The number of amides is 1. The van der Waals surface area contributed by atoms with E-state index in [1.807, 2.05) is 37.3 Å². The third-order valence-electron chi connectivity index (χ3n) is 4.89. The molecule has 2 aromatic carbocycles. The summed E-state index contributed by atoms with van der Waals surface area (Å²) in [5.74, 6) is 0.0434. The van der Waals surface area contributed by atoms with Crippen LogP contribution in [0.3, 0.4) is 0 Å². The van der Waals surface area contributed by atoms with Gasteiger partial charge < -0.3 is 5.32 Å². The summed E-state index contributed by atoms with van der Waals surface area (Å²) in [5.41, 5.74) is 3.10. The van der Waals surface area contributed by atoms with Crippen LogP contribution in [0.4, 0.5) is 5.69 Å². The fraction of sp³-hybridized carbons (Fsp3) is 0.333. The summed E-state index contributed by atoms with van der Waals surface area (Å²) in [7, 11) is 0. The predicted molar refractivity (Wildman–Crippen MR) is 108 cm³/mol. The summed E-state index contributed by atoms with van der Waals surface area (Å²) in [6, 6.07) is 16.4. The van der Waals surface area contributed by atoms with Gasteiger partial charge in [-0.3, -0.25) is 9.69 Å². The molecule has 4 rings (SSSR count). The Morgan fingerprint density at radius 3 is 2.81 bits per heavy atom. The van der Waals surface area contributed by atoms with Crippen LogP contribution in [0.1, 0.15) is 35.9 Å². The molecular weight excluding hydrogens is 342 g/mol. The standard InChI is InChI=1S/C21H23N3OS/c1-15-9-11-16(12-10-15)22-20(25)14-24-13-5-4-7-18(24)21-23-17-6-2-3-8-19(17)26-21/h2-3,6,8-12,18H,4-5,7,13-14H2,1H3,(H,22,25)/t18-/m0/s1. The number of carbonyl (C=O) groups is 1. The van der Waals surface area contributed by atoms with Crippen LogP contribution in [0.5, 0.6) is 0 Å². The van der Waals surface area contributed by atoms with E-state index in [2.05, 4.69) is 28.4 Å². The molecule has 1 aliphatic rings. The summed E-state index contributed by atoms with van der Waals surface area (Å²) < 4.78 is 1.22. The van der Waals surface area contributed by atoms with Crippen molar-refractivity contribution in [2.24, 2.45) is 0 Å². The van der Waals surface area contributed by atoms with E-state index in [4.69, 9.17) is 4.98 Å². The lowest BCUT2D eigenvalue weighted by Gasteiger charge is -2.33. The van der Waals surface area contributed by atoms with Gasteiger partial charge in [-0.05, 0) is 50.6 Å². The number of fused-ring (bicyclic) bond motifs is 1. The van der Waals surface area contributed by atoms with E-state index < -0.39 is 0 Å². The molecule has 0 bridgehead atoms. The van der Waals surface area contributed by atoms with Crippen molar-refractivity contribution in [3.05, 3.63) is 59.1 Å². The van der Waals surface area contributed by atoms with Crippen LogP contribution < -0.4 is 5.32 Å². The minimum absolute atomic E-state index is 0.0434. The maximum Gasteiger partial charge on any atom is 0.238 e. The zero-order chi connectivity index (χ0) is 17.9. The molecule has 1 saturated heterocycles. The van der Waals surface area contributed by atoms with Gasteiger partial charge in [0.1, 0.15) is 5.01 Å². The van der Waals surface area contributed by atoms with Crippen LogP contribution in [0, 0.1) is 6.92 Å². The summed E-state index contributed by atoms with van der Waals surface area (Å²) in [6.45, 7) is 3.40. The molecule has 3 aromatic rings. The van der Waals surface area contributed by atoms with Gasteiger partial charge in [-0.1, -0.05) is 36.2 Å². The van der Waals surface area contributed by atoms with Crippen molar-refractivity contribution >= 4 is 33.1 Å². The molecule has 26 heavy (non-hydrogen) atoms. The second-order valence-corrected chi connectivity index (χ2v) is 7.98. The maximum atomic E-state index is 12.5. The molecule has 1 aromatic heterocycles. The van der Waals surface area contributed by atoms with Crippen molar-refractivity contribution in [2.75, 3.05) is 18.4 Å². The second-order valence-electron chi connectivity index (χ2n) is 6.92. The molecule has 1 atom stereocenters. The highest BCUT2D eigenvalue weighted by Gasteiger charge is 2.28. The number of carbonyl (C=O) groups excluding carboxylic acids is 1. The lowest BCUT2D eigenvalue weighted by Crippen LogP contribution is -2.39. The van der Waals surface area contributed by atoms with E-state index in [1.165, 1.54) is 16.7 Å². The molecule has 0 saturated carbocycles. The minimum Gasteiger partial charge on any atom is -0.325 e. The van der Waals surface area contributed by atoms with E-state index in [-0.39, 0.29) is 11.9 Å². The zero-order valence-corrected chi connectivity index (χ0v) is 15.8. The second kappa shape index (κ2) is 7.56. The lowest BCUT2D eigenvalue weighted by atomic mass is 10.0. The molecule has 1 amide bonds. The van der Waals surface area contributed by atoms with Crippen molar-refractivity contribution in [1.82, 2.24) is 9.88 Å². The Hall–Kier alpha value is -2.24. The highest BCUT2D eigenvalue weighted by molar-refractivity contribution is 7.18. The summed E-state index contributed by atoms with van der Waals surface area (Å²) in [5, 5.41) is 4.15. The van der Waals surface area contributed by atoms with Gasteiger partial charge in [0.2, 0.25) is 5.91 Å². The van der Waals surface area contributed by atoms with Crippen molar-refractivity contribution < 1.29 is 4.79 Å². The maximum absolute atomic E-state index is 12.5. The molecule has 2 heterocycles. The van der Waals surface area contributed by atoms with E-state index in [9.17, 15) is 4.79 Å². The van der Waals surface area contributed by atoms with Crippen molar-refractivity contribution in [1.29, 1.82) is 0 Å². The fourth-order valence-electron chi connectivity index (χ4n) is 3.51.